The number of hydrogen-bond donors (Lipinski definition) is 1. The molecule has 9 heteroatoms. The number of nitrogens with one attached hydrogen (secondary N) is 1. The molecule has 1 atom stereocenters. The van der Waals surface area contributed by atoms with Crippen LogP contribution in [0.4, 0.5) is 11.4 Å². The molecule has 2 aromatic carbocycles. The zero-order valence-electron chi connectivity index (χ0n) is 15.0. The van der Waals surface area contributed by atoms with E-state index in [0.717, 1.165) is 10.6 Å². The number of anilines is 2. The van der Waals surface area contributed by atoms with Crippen molar-refractivity contribution >= 4 is 44.9 Å². The van der Waals surface area contributed by atoms with E-state index in [-0.39, 0.29) is 5.69 Å². The maximum absolute atomic E-state index is 12.6. The molecule has 0 radical (unpaired) electrons. The molecule has 0 aliphatic heterocycles. The van der Waals surface area contributed by atoms with E-state index in [9.17, 15) is 18.0 Å². The molecule has 0 bridgehead atoms. The van der Waals surface area contributed by atoms with Gasteiger partial charge in [-0.15, -0.1) is 0 Å². The summed E-state index contributed by atoms with van der Waals surface area (Å²) in [7, 11) is -2.47. The zero-order valence-corrected chi connectivity index (χ0v) is 16.5. The lowest BCUT2D eigenvalue weighted by atomic mass is 10.2. The number of ether oxygens (including phenoxy) is 1. The van der Waals surface area contributed by atoms with Crippen LogP contribution in [-0.2, 0) is 19.6 Å². The van der Waals surface area contributed by atoms with Gasteiger partial charge in [0.1, 0.15) is 6.04 Å². The van der Waals surface area contributed by atoms with Crippen molar-refractivity contribution in [2.24, 2.45) is 0 Å². The maximum atomic E-state index is 12.6. The Morgan fingerprint density at radius 1 is 1.15 bits per heavy atom. The highest BCUT2D eigenvalue weighted by molar-refractivity contribution is 7.92. The number of halogens is 1. The molecule has 0 aliphatic rings. The minimum Gasteiger partial charge on any atom is -0.465 e. The van der Waals surface area contributed by atoms with Crippen LogP contribution in [0.5, 0.6) is 0 Å². The number of esters is 1. The summed E-state index contributed by atoms with van der Waals surface area (Å²) in [5, 5.41) is 2.99. The summed E-state index contributed by atoms with van der Waals surface area (Å²) in [6.07, 6.45) is 1.02. The maximum Gasteiger partial charge on any atom is 0.337 e. The van der Waals surface area contributed by atoms with E-state index in [1.54, 1.807) is 18.2 Å². The highest BCUT2D eigenvalue weighted by Crippen LogP contribution is 2.24. The summed E-state index contributed by atoms with van der Waals surface area (Å²) < 4.78 is 30.1. The molecular formula is C18H19ClN2O5S. The quantitative estimate of drug-likeness (QED) is 0.739. The fourth-order valence-corrected chi connectivity index (χ4v) is 3.83. The number of nitrogens with zero attached hydrogens (tertiary/aromatic N) is 1. The van der Waals surface area contributed by atoms with Gasteiger partial charge in [-0.05, 0) is 49.4 Å². The number of benzene rings is 2. The first kappa shape index (κ1) is 20.7. The van der Waals surface area contributed by atoms with Crippen molar-refractivity contribution in [1.82, 2.24) is 0 Å². The minimum absolute atomic E-state index is 0.286. The van der Waals surface area contributed by atoms with Gasteiger partial charge in [0.2, 0.25) is 15.9 Å². The standard InChI is InChI=1S/C18H19ClN2O5S/c1-12(21(27(3,24)25)16-6-4-5-14(19)11-16)17(22)20-15-9-7-13(8-10-15)18(23)26-2/h4-12H,1-3H3,(H,20,22)/t12-/m1/s1. The molecule has 144 valence electrons. The summed E-state index contributed by atoms with van der Waals surface area (Å²) in [6, 6.07) is 11.3. The van der Waals surface area contributed by atoms with Gasteiger partial charge in [-0.2, -0.15) is 0 Å². The second kappa shape index (κ2) is 8.41. The number of hydrogen-bond acceptors (Lipinski definition) is 5. The third-order valence-corrected chi connectivity index (χ3v) is 5.20. The molecule has 0 aromatic heterocycles. The van der Waals surface area contributed by atoms with Crippen LogP contribution in [0.1, 0.15) is 17.3 Å². The molecule has 0 heterocycles. The van der Waals surface area contributed by atoms with Gasteiger partial charge in [0, 0.05) is 10.7 Å². The van der Waals surface area contributed by atoms with Crippen LogP contribution < -0.4 is 9.62 Å². The third-order valence-electron chi connectivity index (χ3n) is 3.72. The second-order valence-electron chi connectivity index (χ2n) is 5.77. The predicted octanol–water partition coefficient (Wildman–Crippen LogP) is 2.92. The Morgan fingerprint density at radius 3 is 2.30 bits per heavy atom. The number of methoxy groups -OCH3 is 1. The van der Waals surface area contributed by atoms with Gasteiger partial charge in [-0.25, -0.2) is 13.2 Å². The summed E-state index contributed by atoms with van der Waals surface area (Å²) >= 11 is 5.95. The summed E-state index contributed by atoms with van der Waals surface area (Å²) in [5.41, 5.74) is 1.04. The highest BCUT2D eigenvalue weighted by atomic mass is 35.5. The van der Waals surface area contributed by atoms with E-state index in [2.05, 4.69) is 10.1 Å². The number of carbonyl (C=O) groups is 2. The average molecular weight is 411 g/mol. The summed E-state index contributed by atoms with van der Waals surface area (Å²) in [5.74, 6) is -1.03. The van der Waals surface area contributed by atoms with E-state index in [0.29, 0.717) is 16.3 Å². The molecule has 0 unspecified atom stereocenters. The first-order valence-corrected chi connectivity index (χ1v) is 10.1. The Balaban J connectivity index is 2.24. The number of amides is 1. The molecule has 0 fully saturated rings. The number of rotatable bonds is 6. The van der Waals surface area contributed by atoms with Gasteiger partial charge >= 0.3 is 5.97 Å². The van der Waals surface area contributed by atoms with Gasteiger partial charge in [0.05, 0.1) is 24.6 Å². The van der Waals surface area contributed by atoms with Crippen LogP contribution in [0.15, 0.2) is 48.5 Å². The zero-order chi connectivity index (χ0) is 20.2. The van der Waals surface area contributed by atoms with Crippen LogP contribution in [0.25, 0.3) is 0 Å². The van der Waals surface area contributed by atoms with Gasteiger partial charge in [0.15, 0.2) is 0 Å². The second-order valence-corrected chi connectivity index (χ2v) is 8.07. The van der Waals surface area contributed by atoms with Gasteiger partial charge in [-0.1, -0.05) is 17.7 Å². The monoisotopic (exact) mass is 410 g/mol. The number of sulfonamides is 1. The van der Waals surface area contributed by atoms with Gasteiger partial charge < -0.3 is 10.1 Å². The Bertz CT molecular complexity index is 944. The molecular weight excluding hydrogens is 392 g/mol. The van der Waals surface area contributed by atoms with Crippen LogP contribution in [-0.4, -0.2) is 39.7 Å². The van der Waals surface area contributed by atoms with E-state index in [1.165, 1.54) is 44.4 Å². The Morgan fingerprint density at radius 2 is 1.78 bits per heavy atom. The lowest BCUT2D eigenvalue weighted by Gasteiger charge is -2.28. The molecule has 0 aliphatic carbocycles. The van der Waals surface area contributed by atoms with Crippen molar-refractivity contribution in [2.45, 2.75) is 13.0 Å². The molecule has 0 spiro atoms. The van der Waals surface area contributed by atoms with E-state index in [1.807, 2.05) is 0 Å². The van der Waals surface area contributed by atoms with Crippen molar-refractivity contribution in [1.29, 1.82) is 0 Å². The molecule has 27 heavy (non-hydrogen) atoms. The van der Waals surface area contributed by atoms with E-state index >= 15 is 0 Å². The van der Waals surface area contributed by atoms with Crippen LogP contribution in [0, 0.1) is 0 Å². The molecule has 0 saturated heterocycles. The Hall–Kier alpha value is -2.58. The van der Waals surface area contributed by atoms with Crippen molar-refractivity contribution in [3.63, 3.8) is 0 Å². The van der Waals surface area contributed by atoms with Crippen LogP contribution in [0.3, 0.4) is 0 Å². The smallest absolute Gasteiger partial charge is 0.337 e. The lowest BCUT2D eigenvalue weighted by molar-refractivity contribution is -0.116. The van der Waals surface area contributed by atoms with E-state index < -0.39 is 27.9 Å². The minimum atomic E-state index is -3.74. The topological polar surface area (TPSA) is 92.8 Å². The molecule has 2 aromatic rings. The average Bonchev–Trinajstić information content (AvgIpc) is 2.60. The molecule has 1 amide bonds. The van der Waals surface area contributed by atoms with Crippen molar-refractivity contribution in [2.75, 3.05) is 23.0 Å². The largest absolute Gasteiger partial charge is 0.465 e. The predicted molar refractivity (Wildman–Crippen MR) is 105 cm³/mol. The van der Waals surface area contributed by atoms with Crippen molar-refractivity contribution < 1.29 is 22.7 Å². The summed E-state index contributed by atoms with van der Waals surface area (Å²) in [6.45, 7) is 1.47. The first-order valence-electron chi connectivity index (χ1n) is 7.87. The first-order chi connectivity index (χ1) is 12.6. The molecule has 7 nitrogen and oxygen atoms in total. The molecule has 1 N–H and O–H groups in total. The molecule has 2 rings (SSSR count). The Labute approximate surface area is 162 Å². The fraction of sp³-hybridized carbons (Fsp3) is 0.222. The highest BCUT2D eigenvalue weighted by Gasteiger charge is 2.29. The summed E-state index contributed by atoms with van der Waals surface area (Å²) in [4.78, 5) is 24.0. The van der Waals surface area contributed by atoms with Gasteiger partial charge in [-0.3, -0.25) is 9.10 Å². The normalized spacial score (nSPS) is 12.1. The molecule has 0 saturated carbocycles. The Kier molecular flexibility index (Phi) is 6.45. The van der Waals surface area contributed by atoms with Crippen molar-refractivity contribution in [3.05, 3.63) is 59.1 Å². The number of carbonyl (C=O) groups excluding carboxylic acids is 2. The van der Waals surface area contributed by atoms with Crippen LogP contribution >= 0.6 is 11.6 Å². The third kappa shape index (κ3) is 5.21. The lowest BCUT2D eigenvalue weighted by Crippen LogP contribution is -2.45. The fourth-order valence-electron chi connectivity index (χ4n) is 2.48. The van der Waals surface area contributed by atoms with E-state index in [4.69, 9.17) is 11.6 Å². The van der Waals surface area contributed by atoms with Crippen LogP contribution in [0.2, 0.25) is 5.02 Å². The SMILES string of the molecule is COC(=O)c1ccc(NC(=O)[C@@H](C)N(c2cccc(Cl)c2)S(C)(=O)=O)cc1. The van der Waals surface area contributed by atoms with Gasteiger partial charge in [0.25, 0.3) is 0 Å². The van der Waals surface area contributed by atoms with Crippen molar-refractivity contribution in [3.8, 4) is 0 Å².